The van der Waals surface area contributed by atoms with Crippen molar-refractivity contribution in [2.24, 2.45) is 0 Å². The molecule has 2 aliphatic rings. The number of anilines is 5. The highest BCUT2D eigenvalue weighted by Gasteiger charge is 2.28. The summed E-state index contributed by atoms with van der Waals surface area (Å²) in [5.74, 6) is 2.25. The Morgan fingerprint density at radius 3 is 1.89 bits per heavy atom. The molecule has 0 aliphatic carbocycles. The lowest BCUT2D eigenvalue weighted by Crippen LogP contribution is -2.47. The minimum absolute atomic E-state index is 0.247. The summed E-state index contributed by atoms with van der Waals surface area (Å²) in [4.78, 5) is 53.3. The fourth-order valence-electron chi connectivity index (χ4n) is 5.88. The lowest BCUT2D eigenvalue weighted by atomic mass is 10.1. The van der Waals surface area contributed by atoms with E-state index in [9.17, 15) is 4.79 Å². The van der Waals surface area contributed by atoms with Crippen LogP contribution in [-0.4, -0.2) is 74.3 Å². The predicted octanol–water partition coefficient (Wildman–Crippen LogP) is 5.72. The molecule has 5 aromatic rings. The number of nitrogens with one attached hydrogen (secondary N) is 3. The number of carbonyl (C=O) groups excluding carboxylic acids is 1. The van der Waals surface area contributed by atoms with E-state index in [0.717, 1.165) is 37.3 Å². The Labute approximate surface area is 313 Å². The summed E-state index contributed by atoms with van der Waals surface area (Å²) < 4.78 is 10.9. The molecular weight excluding hydrogens is 692 g/mol. The summed E-state index contributed by atoms with van der Waals surface area (Å²) in [5.41, 5.74) is 4.84. The van der Waals surface area contributed by atoms with Crippen molar-refractivity contribution in [1.29, 1.82) is 0 Å². The van der Waals surface area contributed by atoms with Crippen molar-refractivity contribution in [3.8, 4) is 11.5 Å². The van der Waals surface area contributed by atoms with Gasteiger partial charge in [-0.1, -0.05) is 60.2 Å². The number of hydrogen-bond donors (Lipinski definition) is 3. The fraction of sp³-hybridized carbons (Fsp3) is 0.282. The molecule has 1 aromatic heterocycles. The van der Waals surface area contributed by atoms with Crippen LogP contribution in [0.2, 0.25) is 0 Å². The Morgan fingerprint density at radius 1 is 0.704 bits per heavy atom. The van der Waals surface area contributed by atoms with Gasteiger partial charge in [0.2, 0.25) is 30.4 Å². The highest BCUT2D eigenvalue weighted by atomic mass is 17.4. The summed E-state index contributed by atoms with van der Waals surface area (Å²) in [7, 11) is 3.19. The first kappa shape index (κ1) is 36.4. The fourth-order valence-corrected chi connectivity index (χ4v) is 5.88. The molecule has 7 rings (SSSR count). The van der Waals surface area contributed by atoms with Gasteiger partial charge in [-0.05, 0) is 31.2 Å². The highest BCUT2D eigenvalue weighted by Crippen LogP contribution is 2.33. The Kier molecular flexibility index (Phi) is 11.6. The number of piperazine rings is 1. The van der Waals surface area contributed by atoms with Crippen LogP contribution < -0.4 is 35.2 Å². The second-order valence-corrected chi connectivity index (χ2v) is 12.6. The van der Waals surface area contributed by atoms with Crippen LogP contribution in [0.15, 0.2) is 97.1 Å². The van der Waals surface area contributed by atoms with Crippen LogP contribution in [-0.2, 0) is 19.6 Å². The number of hydrogen-bond acceptors (Lipinski definition) is 14. The van der Waals surface area contributed by atoms with Crippen LogP contribution in [0.25, 0.3) is 0 Å². The summed E-state index contributed by atoms with van der Waals surface area (Å²) >= 11 is 0. The van der Waals surface area contributed by atoms with Crippen molar-refractivity contribution in [3.05, 3.63) is 119 Å². The monoisotopic (exact) mass is 734 g/mol. The average Bonchev–Trinajstić information content (AvgIpc) is 3.23. The summed E-state index contributed by atoms with van der Waals surface area (Å²) in [5, 5.41) is 9.45. The zero-order valence-electron chi connectivity index (χ0n) is 30.2. The van der Waals surface area contributed by atoms with E-state index < -0.39 is 12.6 Å². The van der Waals surface area contributed by atoms with Gasteiger partial charge in [-0.2, -0.15) is 34.5 Å². The minimum Gasteiger partial charge on any atom is -0.497 e. The molecule has 0 atom stereocenters. The summed E-state index contributed by atoms with van der Waals surface area (Å²) in [6.07, 6.45) is -1.71. The zero-order chi connectivity index (χ0) is 37.3. The van der Waals surface area contributed by atoms with Crippen LogP contribution in [0.4, 0.5) is 29.2 Å². The maximum atomic E-state index is 13.0. The number of carbonyl (C=O) groups is 1. The molecule has 4 aromatic carbocycles. The van der Waals surface area contributed by atoms with Crippen molar-refractivity contribution >= 4 is 35.1 Å². The second kappa shape index (κ2) is 17.2. The van der Waals surface area contributed by atoms with E-state index >= 15 is 0 Å². The molecule has 280 valence electrons. The molecule has 2 fully saturated rings. The van der Waals surface area contributed by atoms with Crippen LogP contribution in [0, 0.1) is 6.92 Å². The Bertz CT molecular complexity index is 1970. The number of methoxy groups -OCH3 is 2. The molecule has 15 nitrogen and oxygen atoms in total. The van der Waals surface area contributed by atoms with Gasteiger partial charge in [0.15, 0.2) is 0 Å². The number of rotatable bonds is 13. The molecule has 3 N–H and O–H groups in total. The Morgan fingerprint density at radius 2 is 1.28 bits per heavy atom. The van der Waals surface area contributed by atoms with Gasteiger partial charge >= 0.3 is 0 Å². The van der Waals surface area contributed by atoms with Gasteiger partial charge in [-0.15, -0.1) is 0 Å². The average molecular weight is 735 g/mol. The van der Waals surface area contributed by atoms with Gasteiger partial charge in [0.1, 0.15) is 11.5 Å². The standard InChI is InChI=1S/C39H42N8O7/c1-26-9-11-28(12-10-26)35-51-53-36(54-52-35)29-15-13-27(14-16-29)34(48)40-17-18-41-37-43-38(42-30-23-32(49-2)25-33(24-30)50-3)45-39(44-37)47-21-19-46(20-22-47)31-7-5-4-6-8-31/h4-16,23-25,35-36H,17-22H2,1-3H3,(H,40,48)(H2,41,42,43,44,45). The van der Waals surface area contributed by atoms with Crippen molar-refractivity contribution in [2.45, 2.75) is 19.5 Å². The quantitative estimate of drug-likeness (QED) is 0.0999. The number of amides is 1. The van der Waals surface area contributed by atoms with Gasteiger partial charge in [0, 0.05) is 85.5 Å². The third-order valence-electron chi connectivity index (χ3n) is 8.86. The molecule has 0 radical (unpaired) electrons. The van der Waals surface area contributed by atoms with E-state index in [1.54, 1.807) is 44.6 Å². The summed E-state index contributed by atoms with van der Waals surface area (Å²) in [6.45, 7) is 5.76. The highest BCUT2D eigenvalue weighted by molar-refractivity contribution is 5.94. The van der Waals surface area contributed by atoms with Crippen molar-refractivity contribution in [3.63, 3.8) is 0 Å². The number of nitrogens with zero attached hydrogens (tertiary/aromatic N) is 5. The number of para-hydroxylation sites is 1. The zero-order valence-corrected chi connectivity index (χ0v) is 30.2. The van der Waals surface area contributed by atoms with Crippen LogP contribution in [0.5, 0.6) is 11.5 Å². The molecule has 0 spiro atoms. The lowest BCUT2D eigenvalue weighted by molar-refractivity contribution is -0.600. The molecule has 2 aliphatic heterocycles. The molecule has 0 unspecified atom stereocenters. The van der Waals surface area contributed by atoms with Gasteiger partial charge < -0.3 is 35.2 Å². The van der Waals surface area contributed by atoms with Crippen LogP contribution in [0.3, 0.4) is 0 Å². The molecular formula is C39H42N8O7. The van der Waals surface area contributed by atoms with E-state index in [0.29, 0.717) is 59.2 Å². The number of aromatic nitrogens is 3. The molecule has 0 saturated carbocycles. The Hall–Kier alpha value is -6.00. The van der Waals surface area contributed by atoms with E-state index in [2.05, 4.69) is 42.9 Å². The number of ether oxygens (including phenoxy) is 2. The number of aryl methyl sites for hydroxylation is 1. The molecule has 3 heterocycles. The van der Waals surface area contributed by atoms with E-state index in [1.165, 1.54) is 5.69 Å². The topological polar surface area (TPSA) is 154 Å². The first-order valence-corrected chi connectivity index (χ1v) is 17.6. The van der Waals surface area contributed by atoms with Gasteiger partial charge in [0.05, 0.1) is 14.2 Å². The van der Waals surface area contributed by atoms with E-state index in [4.69, 9.17) is 39.0 Å². The molecule has 2 saturated heterocycles. The second-order valence-electron chi connectivity index (χ2n) is 12.6. The SMILES string of the molecule is COc1cc(Nc2nc(NCCNC(=O)c3ccc(C4OOC(c5ccc(C)cc5)OO4)cc3)nc(N3CCN(c4ccccc4)CC3)n2)cc(OC)c1. The maximum absolute atomic E-state index is 13.0. The van der Waals surface area contributed by atoms with E-state index in [-0.39, 0.29) is 5.91 Å². The third kappa shape index (κ3) is 9.13. The van der Waals surface area contributed by atoms with Crippen molar-refractivity contribution in [1.82, 2.24) is 20.3 Å². The van der Waals surface area contributed by atoms with Gasteiger partial charge in [-0.3, -0.25) is 4.79 Å². The normalized spacial score (nSPS) is 17.1. The molecule has 1 amide bonds. The van der Waals surface area contributed by atoms with E-state index in [1.807, 2.05) is 61.5 Å². The first-order chi connectivity index (χ1) is 26.4. The smallest absolute Gasteiger partial charge is 0.251 e. The van der Waals surface area contributed by atoms with Crippen LogP contribution in [0.1, 0.15) is 39.6 Å². The molecule has 54 heavy (non-hydrogen) atoms. The maximum Gasteiger partial charge on any atom is 0.251 e. The number of benzene rings is 4. The third-order valence-corrected chi connectivity index (χ3v) is 8.86. The largest absolute Gasteiger partial charge is 0.497 e. The van der Waals surface area contributed by atoms with Crippen molar-refractivity contribution < 1.29 is 33.8 Å². The predicted molar refractivity (Wildman–Crippen MR) is 202 cm³/mol. The van der Waals surface area contributed by atoms with Crippen LogP contribution >= 0.6 is 0 Å². The lowest BCUT2D eigenvalue weighted by Gasteiger charge is -2.36. The van der Waals surface area contributed by atoms with Crippen molar-refractivity contribution in [2.75, 3.05) is 73.9 Å². The molecule has 0 bridgehead atoms. The summed E-state index contributed by atoms with van der Waals surface area (Å²) in [6, 6.07) is 30.2. The molecule has 15 heteroatoms. The minimum atomic E-state index is -0.906. The van der Waals surface area contributed by atoms with Gasteiger partial charge in [0.25, 0.3) is 5.91 Å². The first-order valence-electron chi connectivity index (χ1n) is 17.6. The van der Waals surface area contributed by atoms with Gasteiger partial charge in [-0.25, -0.2) is 0 Å². The Balaban J connectivity index is 0.954.